The predicted molar refractivity (Wildman–Crippen MR) is 107 cm³/mol. The molecule has 0 saturated heterocycles. The number of unbranched alkanes of at least 4 members (excludes halogenated alkanes) is 1. The van der Waals surface area contributed by atoms with E-state index >= 15 is 0 Å². The minimum Gasteiger partial charge on any atom is -0.494 e. The zero-order chi connectivity index (χ0) is 18.9. The van der Waals surface area contributed by atoms with Gasteiger partial charge >= 0.3 is 0 Å². The van der Waals surface area contributed by atoms with E-state index in [1.807, 2.05) is 48.5 Å². The lowest BCUT2D eigenvalue weighted by Crippen LogP contribution is -2.19. The van der Waals surface area contributed by atoms with Crippen LogP contribution in [0.5, 0.6) is 5.75 Å². The van der Waals surface area contributed by atoms with Crippen LogP contribution in [0.1, 0.15) is 25.3 Å². The first-order valence-corrected chi connectivity index (χ1v) is 9.76. The predicted octanol–water partition coefficient (Wildman–Crippen LogP) is 4.25. The van der Waals surface area contributed by atoms with E-state index in [1.165, 1.54) is 11.8 Å². The fourth-order valence-electron chi connectivity index (χ4n) is 2.24. The molecule has 7 heteroatoms. The first-order chi connectivity index (χ1) is 13.2. The summed E-state index contributed by atoms with van der Waals surface area (Å²) in [6.45, 7) is 2.85. The largest absolute Gasteiger partial charge is 0.494 e. The Morgan fingerprint density at radius 1 is 1.26 bits per heavy atom. The number of fused-ring (bicyclic) bond motifs is 1. The highest BCUT2D eigenvalue weighted by Gasteiger charge is 2.08. The van der Waals surface area contributed by atoms with Crippen LogP contribution in [0.2, 0.25) is 0 Å². The molecule has 0 bridgehead atoms. The third-order valence-electron chi connectivity index (χ3n) is 3.65. The van der Waals surface area contributed by atoms with Crippen molar-refractivity contribution in [3.8, 4) is 5.75 Å². The summed E-state index contributed by atoms with van der Waals surface area (Å²) in [4.78, 5) is 16.2. The molecule has 0 atom stereocenters. The average Bonchev–Trinajstić information content (AvgIpc) is 3.11. The molecule has 0 fully saturated rings. The number of para-hydroxylation sites is 2. The van der Waals surface area contributed by atoms with E-state index in [2.05, 4.69) is 22.4 Å². The van der Waals surface area contributed by atoms with Crippen LogP contribution in [0.15, 0.2) is 63.3 Å². The molecule has 1 amide bonds. The summed E-state index contributed by atoms with van der Waals surface area (Å²) in [5.41, 5.74) is 4.87. The molecule has 0 saturated carbocycles. The molecule has 0 aliphatic rings. The van der Waals surface area contributed by atoms with E-state index < -0.39 is 0 Å². The van der Waals surface area contributed by atoms with Crippen LogP contribution in [0.3, 0.4) is 0 Å². The first-order valence-electron chi connectivity index (χ1n) is 8.78. The molecule has 3 rings (SSSR count). The van der Waals surface area contributed by atoms with E-state index in [4.69, 9.17) is 9.15 Å². The summed E-state index contributed by atoms with van der Waals surface area (Å²) in [5, 5.41) is 4.44. The van der Waals surface area contributed by atoms with Gasteiger partial charge in [0.2, 0.25) is 0 Å². The minimum absolute atomic E-state index is 0.175. The van der Waals surface area contributed by atoms with Crippen LogP contribution in [-0.2, 0) is 4.79 Å². The molecule has 1 N–H and O–H groups in total. The second-order valence-corrected chi connectivity index (χ2v) is 6.73. The smallest absolute Gasteiger partial charge is 0.257 e. The van der Waals surface area contributed by atoms with Gasteiger partial charge in [0.25, 0.3) is 11.1 Å². The Bertz CT molecular complexity index is 873. The Kier molecular flexibility index (Phi) is 6.87. The van der Waals surface area contributed by atoms with Crippen molar-refractivity contribution in [2.45, 2.75) is 25.0 Å². The molecule has 2 aromatic carbocycles. The molecule has 0 spiro atoms. The Balaban J connectivity index is 1.42. The second-order valence-electron chi connectivity index (χ2n) is 5.80. The van der Waals surface area contributed by atoms with E-state index in [9.17, 15) is 4.79 Å². The summed E-state index contributed by atoms with van der Waals surface area (Å²) in [5.74, 6) is 0.784. The molecule has 3 aromatic rings. The summed E-state index contributed by atoms with van der Waals surface area (Å²) >= 11 is 1.23. The van der Waals surface area contributed by atoms with Gasteiger partial charge in [0.1, 0.15) is 11.3 Å². The third-order valence-corrected chi connectivity index (χ3v) is 4.48. The van der Waals surface area contributed by atoms with E-state index in [0.29, 0.717) is 10.8 Å². The number of hydrogen-bond donors (Lipinski definition) is 1. The molecule has 0 aliphatic carbocycles. The summed E-state index contributed by atoms with van der Waals surface area (Å²) < 4.78 is 11.2. The number of rotatable bonds is 9. The normalized spacial score (nSPS) is 11.1. The van der Waals surface area contributed by atoms with Gasteiger partial charge in [-0.1, -0.05) is 37.2 Å². The quantitative estimate of drug-likeness (QED) is 0.259. The third kappa shape index (κ3) is 5.86. The second kappa shape index (κ2) is 9.78. The van der Waals surface area contributed by atoms with Crippen LogP contribution in [-0.4, -0.2) is 29.5 Å². The molecular weight excluding hydrogens is 362 g/mol. The van der Waals surface area contributed by atoms with Gasteiger partial charge in [-0.15, -0.1) is 0 Å². The van der Waals surface area contributed by atoms with Crippen molar-refractivity contribution >= 4 is 35.0 Å². The zero-order valence-electron chi connectivity index (χ0n) is 15.1. The summed E-state index contributed by atoms with van der Waals surface area (Å²) in [7, 11) is 0. The maximum atomic E-state index is 11.9. The van der Waals surface area contributed by atoms with Gasteiger partial charge in [-0.3, -0.25) is 4.79 Å². The molecule has 140 valence electrons. The monoisotopic (exact) mass is 383 g/mol. The van der Waals surface area contributed by atoms with Crippen LogP contribution in [0.25, 0.3) is 11.1 Å². The fourth-order valence-corrected chi connectivity index (χ4v) is 2.87. The minimum atomic E-state index is -0.224. The van der Waals surface area contributed by atoms with Crippen molar-refractivity contribution in [1.82, 2.24) is 10.4 Å². The molecule has 27 heavy (non-hydrogen) atoms. The topological polar surface area (TPSA) is 76.7 Å². The molecule has 0 radical (unpaired) electrons. The number of hydrazone groups is 1. The van der Waals surface area contributed by atoms with E-state index in [0.717, 1.165) is 36.3 Å². The summed E-state index contributed by atoms with van der Waals surface area (Å²) in [6, 6.07) is 15.1. The Hall–Kier alpha value is -2.80. The van der Waals surface area contributed by atoms with Gasteiger partial charge in [0.15, 0.2) is 5.58 Å². The number of oxazole rings is 1. The number of carbonyl (C=O) groups excluding carboxylic acids is 1. The number of carbonyl (C=O) groups is 1. The highest BCUT2D eigenvalue weighted by molar-refractivity contribution is 7.99. The van der Waals surface area contributed by atoms with Crippen molar-refractivity contribution in [3.05, 3.63) is 54.1 Å². The van der Waals surface area contributed by atoms with Gasteiger partial charge in [0, 0.05) is 0 Å². The zero-order valence-corrected chi connectivity index (χ0v) is 15.9. The van der Waals surface area contributed by atoms with Crippen LogP contribution >= 0.6 is 11.8 Å². The lowest BCUT2D eigenvalue weighted by atomic mass is 10.2. The molecule has 1 aromatic heterocycles. The van der Waals surface area contributed by atoms with Crippen molar-refractivity contribution in [2.24, 2.45) is 5.10 Å². The number of amides is 1. The average molecular weight is 383 g/mol. The van der Waals surface area contributed by atoms with Crippen LogP contribution in [0, 0.1) is 0 Å². The number of hydrogen-bond acceptors (Lipinski definition) is 6. The van der Waals surface area contributed by atoms with Gasteiger partial charge in [0.05, 0.1) is 18.6 Å². The van der Waals surface area contributed by atoms with Crippen molar-refractivity contribution in [3.63, 3.8) is 0 Å². The van der Waals surface area contributed by atoms with Crippen LogP contribution in [0.4, 0.5) is 0 Å². The maximum Gasteiger partial charge on any atom is 0.257 e. The van der Waals surface area contributed by atoms with Gasteiger partial charge in [-0.2, -0.15) is 5.10 Å². The van der Waals surface area contributed by atoms with Crippen LogP contribution < -0.4 is 10.2 Å². The maximum absolute atomic E-state index is 11.9. The number of nitrogens with zero attached hydrogens (tertiary/aromatic N) is 2. The first kappa shape index (κ1) is 19.0. The van der Waals surface area contributed by atoms with E-state index in [-0.39, 0.29) is 11.7 Å². The fraction of sp³-hybridized carbons (Fsp3) is 0.250. The highest BCUT2D eigenvalue weighted by atomic mass is 32.2. The number of nitrogens with one attached hydrogen (secondary N) is 1. The Morgan fingerprint density at radius 3 is 2.85 bits per heavy atom. The molecule has 6 nitrogen and oxygen atoms in total. The number of thioether (sulfide) groups is 1. The summed E-state index contributed by atoms with van der Waals surface area (Å²) in [6.07, 6.45) is 3.74. The van der Waals surface area contributed by atoms with Gasteiger partial charge in [-0.25, -0.2) is 10.4 Å². The molecule has 0 unspecified atom stereocenters. The van der Waals surface area contributed by atoms with Crippen molar-refractivity contribution < 1.29 is 13.9 Å². The molecule has 0 aliphatic heterocycles. The highest BCUT2D eigenvalue weighted by Crippen LogP contribution is 2.22. The van der Waals surface area contributed by atoms with Gasteiger partial charge in [-0.05, 0) is 48.4 Å². The lowest BCUT2D eigenvalue weighted by molar-refractivity contribution is -0.118. The molecule has 1 heterocycles. The van der Waals surface area contributed by atoms with Gasteiger partial charge < -0.3 is 9.15 Å². The number of aromatic nitrogens is 1. The lowest BCUT2D eigenvalue weighted by Gasteiger charge is -2.04. The number of ether oxygens (including phenoxy) is 1. The standard InChI is InChI=1S/C20H21N3O3S/c1-2-3-12-25-16-10-8-15(9-11-16)13-21-23-19(24)14-27-20-22-17-6-4-5-7-18(17)26-20/h4-11,13H,2-3,12,14H2,1H3,(H,23,24)/b21-13+. The molecular formula is C20H21N3O3S. The van der Waals surface area contributed by atoms with E-state index in [1.54, 1.807) is 6.21 Å². The number of benzene rings is 2. The van der Waals surface area contributed by atoms with Crippen molar-refractivity contribution in [1.29, 1.82) is 0 Å². The SMILES string of the molecule is CCCCOc1ccc(/C=N/NC(=O)CSc2nc3ccccc3o2)cc1. The Morgan fingerprint density at radius 2 is 2.07 bits per heavy atom. The Labute approximate surface area is 162 Å². The van der Waals surface area contributed by atoms with Crippen molar-refractivity contribution in [2.75, 3.05) is 12.4 Å².